The number of hydrogen-bond donors (Lipinski definition) is 2. The highest BCUT2D eigenvalue weighted by atomic mass is 16.3. The Morgan fingerprint density at radius 2 is 2.35 bits per heavy atom. The van der Waals surface area contributed by atoms with Gasteiger partial charge in [0.15, 0.2) is 0 Å². The summed E-state index contributed by atoms with van der Waals surface area (Å²) in [6.07, 6.45) is 6.20. The molecule has 1 heterocycles. The normalized spacial score (nSPS) is 21.1. The fourth-order valence-corrected chi connectivity index (χ4v) is 2.46. The van der Waals surface area contributed by atoms with E-state index in [0.717, 1.165) is 18.6 Å². The average molecular weight is 237 g/mol. The fraction of sp³-hybridized carbons (Fsp3) is 0.714. The topological polar surface area (TPSA) is 45.4 Å². The first-order valence-corrected chi connectivity index (χ1v) is 6.55. The first-order valence-electron chi connectivity index (χ1n) is 6.55. The van der Waals surface area contributed by atoms with Gasteiger partial charge in [0.05, 0.1) is 12.9 Å². The van der Waals surface area contributed by atoms with Crippen molar-refractivity contribution in [2.24, 2.45) is 5.92 Å². The minimum Gasteiger partial charge on any atom is -0.469 e. The van der Waals surface area contributed by atoms with Crippen LogP contribution in [-0.2, 0) is 6.42 Å². The lowest BCUT2D eigenvalue weighted by Gasteiger charge is -2.32. The second-order valence-corrected chi connectivity index (χ2v) is 5.51. The Morgan fingerprint density at radius 3 is 2.88 bits per heavy atom. The molecule has 0 aromatic carbocycles. The van der Waals surface area contributed by atoms with Crippen molar-refractivity contribution in [3.05, 3.63) is 24.2 Å². The van der Waals surface area contributed by atoms with Crippen LogP contribution in [0.5, 0.6) is 0 Å². The highest BCUT2D eigenvalue weighted by molar-refractivity contribution is 5.01. The monoisotopic (exact) mass is 237 g/mol. The number of hydrogen-bond acceptors (Lipinski definition) is 3. The molecular formula is C14H23NO2. The maximum absolute atomic E-state index is 9.52. The van der Waals surface area contributed by atoms with Crippen LogP contribution in [0.3, 0.4) is 0 Å². The van der Waals surface area contributed by atoms with E-state index in [1.807, 2.05) is 12.1 Å². The van der Waals surface area contributed by atoms with Gasteiger partial charge in [-0.1, -0.05) is 0 Å². The first kappa shape index (κ1) is 12.7. The molecule has 96 valence electrons. The van der Waals surface area contributed by atoms with Crippen LogP contribution >= 0.6 is 0 Å². The molecule has 3 heteroatoms. The Labute approximate surface area is 103 Å². The van der Waals surface area contributed by atoms with Gasteiger partial charge in [-0.15, -0.1) is 0 Å². The van der Waals surface area contributed by atoms with Gasteiger partial charge < -0.3 is 14.8 Å². The van der Waals surface area contributed by atoms with E-state index in [1.165, 1.54) is 12.8 Å². The smallest absolute Gasteiger partial charge is 0.103 e. The highest BCUT2D eigenvalue weighted by Gasteiger charge is 2.41. The molecule has 1 fully saturated rings. The molecule has 2 rings (SSSR count). The third-order valence-corrected chi connectivity index (χ3v) is 3.79. The molecule has 0 spiro atoms. The molecule has 1 saturated carbocycles. The first-order chi connectivity index (χ1) is 8.14. The van der Waals surface area contributed by atoms with E-state index in [1.54, 1.807) is 6.26 Å². The number of aliphatic hydroxyl groups is 1. The van der Waals surface area contributed by atoms with E-state index >= 15 is 0 Å². The lowest BCUT2D eigenvalue weighted by atomic mass is 9.95. The molecular weight excluding hydrogens is 214 g/mol. The average Bonchev–Trinajstić information content (AvgIpc) is 3.05. The van der Waals surface area contributed by atoms with E-state index < -0.39 is 0 Å². The van der Waals surface area contributed by atoms with E-state index in [-0.39, 0.29) is 12.1 Å². The zero-order valence-electron chi connectivity index (χ0n) is 10.8. The second-order valence-electron chi connectivity index (χ2n) is 5.51. The second kappa shape index (κ2) is 5.23. The van der Waals surface area contributed by atoms with Crippen LogP contribution in [0.15, 0.2) is 22.8 Å². The zero-order valence-corrected chi connectivity index (χ0v) is 10.8. The molecule has 1 aromatic heterocycles. The molecule has 0 saturated heterocycles. The van der Waals surface area contributed by atoms with Crippen LogP contribution in [0.1, 0.15) is 38.9 Å². The van der Waals surface area contributed by atoms with Crippen molar-refractivity contribution in [2.45, 2.75) is 51.1 Å². The summed E-state index contributed by atoms with van der Waals surface area (Å²) >= 11 is 0. The number of nitrogens with one attached hydrogen (secondary N) is 1. The van der Waals surface area contributed by atoms with Crippen LogP contribution in [0.4, 0.5) is 0 Å². The SMILES string of the molecule is CC(CCc1ccco1)NC(C)(CO)C1CC1. The summed E-state index contributed by atoms with van der Waals surface area (Å²) in [6, 6.07) is 4.34. The molecule has 0 amide bonds. The molecule has 0 aliphatic heterocycles. The van der Waals surface area contributed by atoms with Gasteiger partial charge in [-0.25, -0.2) is 0 Å². The van der Waals surface area contributed by atoms with Gasteiger partial charge in [0, 0.05) is 18.0 Å². The van der Waals surface area contributed by atoms with Gasteiger partial charge in [0.25, 0.3) is 0 Å². The van der Waals surface area contributed by atoms with Gasteiger partial charge in [-0.05, 0) is 51.2 Å². The van der Waals surface area contributed by atoms with Gasteiger partial charge in [-0.3, -0.25) is 0 Å². The van der Waals surface area contributed by atoms with Crippen molar-refractivity contribution < 1.29 is 9.52 Å². The van der Waals surface area contributed by atoms with Crippen molar-refractivity contribution in [2.75, 3.05) is 6.61 Å². The largest absolute Gasteiger partial charge is 0.469 e. The Balaban J connectivity index is 1.77. The third-order valence-electron chi connectivity index (χ3n) is 3.79. The lowest BCUT2D eigenvalue weighted by Crippen LogP contribution is -2.51. The Hall–Kier alpha value is -0.800. The van der Waals surface area contributed by atoms with Gasteiger partial charge in [0.2, 0.25) is 0 Å². The summed E-state index contributed by atoms with van der Waals surface area (Å²) in [5.41, 5.74) is -0.0947. The third kappa shape index (κ3) is 3.33. The number of furan rings is 1. The molecule has 2 N–H and O–H groups in total. The molecule has 0 bridgehead atoms. The fourth-order valence-electron chi connectivity index (χ4n) is 2.46. The predicted octanol–water partition coefficient (Wildman–Crippen LogP) is 2.35. The molecule has 1 aliphatic rings. The van der Waals surface area contributed by atoms with Crippen molar-refractivity contribution in [3.63, 3.8) is 0 Å². The van der Waals surface area contributed by atoms with Gasteiger partial charge >= 0.3 is 0 Å². The molecule has 17 heavy (non-hydrogen) atoms. The van der Waals surface area contributed by atoms with Crippen LogP contribution in [0.2, 0.25) is 0 Å². The Bertz CT molecular complexity index is 332. The summed E-state index contributed by atoms with van der Waals surface area (Å²) in [7, 11) is 0. The summed E-state index contributed by atoms with van der Waals surface area (Å²) < 4.78 is 5.32. The van der Waals surface area contributed by atoms with Crippen LogP contribution < -0.4 is 5.32 Å². The van der Waals surface area contributed by atoms with Gasteiger partial charge in [0.1, 0.15) is 5.76 Å². The summed E-state index contributed by atoms with van der Waals surface area (Å²) in [5, 5.41) is 13.1. The van der Waals surface area contributed by atoms with Crippen molar-refractivity contribution in [1.29, 1.82) is 0 Å². The van der Waals surface area contributed by atoms with E-state index in [9.17, 15) is 5.11 Å². The minimum atomic E-state index is -0.0947. The predicted molar refractivity (Wildman–Crippen MR) is 67.8 cm³/mol. The maximum atomic E-state index is 9.52. The Morgan fingerprint density at radius 1 is 1.59 bits per heavy atom. The van der Waals surface area contributed by atoms with Crippen LogP contribution in [0.25, 0.3) is 0 Å². The van der Waals surface area contributed by atoms with Crippen molar-refractivity contribution >= 4 is 0 Å². The molecule has 1 aliphatic carbocycles. The number of aliphatic hydroxyl groups excluding tert-OH is 1. The molecule has 3 nitrogen and oxygen atoms in total. The number of rotatable bonds is 7. The van der Waals surface area contributed by atoms with E-state index in [4.69, 9.17) is 4.42 Å². The molecule has 0 radical (unpaired) electrons. The van der Waals surface area contributed by atoms with Crippen molar-refractivity contribution in [3.8, 4) is 0 Å². The lowest BCUT2D eigenvalue weighted by molar-refractivity contribution is 0.142. The Kier molecular flexibility index (Phi) is 3.89. The number of aryl methyl sites for hydroxylation is 1. The maximum Gasteiger partial charge on any atom is 0.103 e. The summed E-state index contributed by atoms with van der Waals surface area (Å²) in [5.74, 6) is 1.69. The van der Waals surface area contributed by atoms with E-state index in [0.29, 0.717) is 12.0 Å². The summed E-state index contributed by atoms with van der Waals surface area (Å²) in [6.45, 7) is 4.54. The highest BCUT2D eigenvalue weighted by Crippen LogP contribution is 2.39. The molecule has 2 atom stereocenters. The quantitative estimate of drug-likeness (QED) is 0.765. The summed E-state index contributed by atoms with van der Waals surface area (Å²) in [4.78, 5) is 0. The molecule has 2 unspecified atom stereocenters. The van der Waals surface area contributed by atoms with Crippen LogP contribution in [0, 0.1) is 5.92 Å². The van der Waals surface area contributed by atoms with Crippen LogP contribution in [-0.4, -0.2) is 23.3 Å². The van der Waals surface area contributed by atoms with E-state index in [2.05, 4.69) is 19.2 Å². The minimum absolute atomic E-state index is 0.0947. The zero-order chi connectivity index (χ0) is 12.3. The standard InChI is InChI=1S/C14H23NO2/c1-11(5-8-13-4-3-9-17-13)15-14(2,10-16)12-6-7-12/h3-4,9,11-12,15-16H,5-8,10H2,1-2H3. The van der Waals surface area contributed by atoms with Gasteiger partial charge in [-0.2, -0.15) is 0 Å². The molecule has 1 aromatic rings. The van der Waals surface area contributed by atoms with Crippen molar-refractivity contribution in [1.82, 2.24) is 5.32 Å².